The molecule has 206 valence electrons. The first-order valence-corrected chi connectivity index (χ1v) is 14.2. The zero-order valence-corrected chi connectivity index (χ0v) is 23.2. The Morgan fingerprint density at radius 3 is 2.51 bits per heavy atom. The summed E-state index contributed by atoms with van der Waals surface area (Å²) in [6, 6.07) is 22.5. The lowest BCUT2D eigenvalue weighted by molar-refractivity contribution is 0.0795. The first-order chi connectivity index (χ1) is 18.4. The van der Waals surface area contributed by atoms with Crippen LogP contribution in [-0.2, 0) is 16.6 Å². The molecule has 0 aliphatic rings. The zero-order valence-electron chi connectivity index (χ0n) is 22.3. The van der Waals surface area contributed by atoms with Gasteiger partial charge in [-0.1, -0.05) is 30.3 Å². The average molecular weight is 550 g/mol. The number of carbonyl (C=O) groups excluding carboxylic acids is 1. The zero-order chi connectivity index (χ0) is 28.2. The number of aliphatic hydroxyl groups is 1. The molecule has 0 radical (unpaired) electrons. The molecule has 4 rings (SSSR count). The van der Waals surface area contributed by atoms with Crippen molar-refractivity contribution < 1.29 is 18.3 Å². The van der Waals surface area contributed by atoms with E-state index in [1.54, 1.807) is 48.5 Å². The Morgan fingerprint density at radius 1 is 1.05 bits per heavy atom. The van der Waals surface area contributed by atoms with E-state index in [0.717, 1.165) is 28.9 Å². The van der Waals surface area contributed by atoms with Gasteiger partial charge in [0, 0.05) is 54.0 Å². The molecular formula is C29H35N5O4S. The van der Waals surface area contributed by atoms with Gasteiger partial charge in [0.25, 0.3) is 15.9 Å². The molecule has 1 atom stereocenters. The Morgan fingerprint density at radius 2 is 1.79 bits per heavy atom. The molecule has 0 saturated carbocycles. The summed E-state index contributed by atoms with van der Waals surface area (Å²) in [7, 11) is -2.20. The van der Waals surface area contributed by atoms with Crippen molar-refractivity contribution in [2.75, 3.05) is 18.3 Å². The molecule has 1 amide bonds. The molecule has 10 heteroatoms. The maximum atomic E-state index is 12.7. The molecular weight excluding hydrogens is 514 g/mol. The van der Waals surface area contributed by atoms with Gasteiger partial charge in [-0.05, 0) is 74.4 Å². The molecule has 0 aliphatic heterocycles. The van der Waals surface area contributed by atoms with Crippen LogP contribution < -0.4 is 15.9 Å². The lowest BCUT2D eigenvalue weighted by atomic mass is 9.99. The lowest BCUT2D eigenvalue weighted by Gasteiger charge is -2.28. The molecule has 3 aromatic carbocycles. The van der Waals surface area contributed by atoms with Gasteiger partial charge in [0.1, 0.15) is 0 Å². The largest absolute Gasteiger partial charge is 0.387 e. The van der Waals surface area contributed by atoms with Crippen molar-refractivity contribution >= 4 is 32.5 Å². The minimum Gasteiger partial charge on any atom is -0.387 e. The van der Waals surface area contributed by atoms with Gasteiger partial charge in [0.15, 0.2) is 0 Å². The highest BCUT2D eigenvalue weighted by Crippen LogP contribution is 2.23. The van der Waals surface area contributed by atoms with Gasteiger partial charge >= 0.3 is 0 Å². The Labute approximate surface area is 229 Å². The molecule has 39 heavy (non-hydrogen) atoms. The molecule has 0 unspecified atom stereocenters. The summed E-state index contributed by atoms with van der Waals surface area (Å²) in [5.74, 6) is 5.34. The standard InChI is InChI=1S/C29H35N5O4S/c1-29(2,15-17-34-16-14-21-18-23(12-13-26(21)34)28(36)33(3)30)31-20-27(35)22-8-7-9-24(19-22)32-39(37,38)25-10-5-4-6-11-25/h4-14,16,18-19,27,31-32,35H,15,17,20,30H2,1-3H3/t27-/m0/s1. The van der Waals surface area contributed by atoms with E-state index in [2.05, 4.69) is 28.5 Å². The van der Waals surface area contributed by atoms with Crippen LogP contribution in [0.15, 0.2) is 90.0 Å². The van der Waals surface area contributed by atoms with E-state index < -0.39 is 16.1 Å². The van der Waals surface area contributed by atoms with Crippen LogP contribution in [-0.4, -0.2) is 48.1 Å². The Balaban J connectivity index is 1.35. The molecule has 9 nitrogen and oxygen atoms in total. The summed E-state index contributed by atoms with van der Waals surface area (Å²) in [6.07, 6.45) is 1.96. The number of aromatic nitrogens is 1. The number of hydrazine groups is 1. The van der Waals surface area contributed by atoms with Gasteiger partial charge in [-0.25, -0.2) is 14.3 Å². The van der Waals surface area contributed by atoms with Gasteiger partial charge in [-0.2, -0.15) is 0 Å². The van der Waals surface area contributed by atoms with Gasteiger partial charge in [-0.15, -0.1) is 0 Å². The normalized spacial score (nSPS) is 12.8. The second kappa shape index (κ2) is 11.6. The predicted molar refractivity (Wildman–Crippen MR) is 154 cm³/mol. The van der Waals surface area contributed by atoms with E-state index >= 15 is 0 Å². The fourth-order valence-corrected chi connectivity index (χ4v) is 5.40. The van der Waals surface area contributed by atoms with Crippen molar-refractivity contribution in [2.24, 2.45) is 5.84 Å². The summed E-state index contributed by atoms with van der Waals surface area (Å²) in [6.45, 7) is 5.18. The van der Waals surface area contributed by atoms with E-state index in [0.29, 0.717) is 23.4 Å². The van der Waals surface area contributed by atoms with Gasteiger partial charge in [0.05, 0.1) is 11.0 Å². The minimum atomic E-state index is -3.72. The number of nitrogens with two attached hydrogens (primary N) is 1. The van der Waals surface area contributed by atoms with Crippen LogP contribution in [0.1, 0.15) is 42.3 Å². The van der Waals surface area contributed by atoms with E-state index in [4.69, 9.17) is 5.84 Å². The SMILES string of the molecule is CN(N)C(=O)c1ccc2c(ccn2CCC(C)(C)NC[C@H](O)c2cccc(NS(=O)(=O)c3ccccc3)c2)c1. The van der Waals surface area contributed by atoms with Crippen LogP contribution in [0.2, 0.25) is 0 Å². The van der Waals surface area contributed by atoms with Crippen molar-refractivity contribution in [3.63, 3.8) is 0 Å². The van der Waals surface area contributed by atoms with E-state index in [9.17, 15) is 18.3 Å². The number of nitrogens with one attached hydrogen (secondary N) is 2. The third kappa shape index (κ3) is 7.04. The molecule has 0 fully saturated rings. The van der Waals surface area contributed by atoms with Crippen LogP contribution in [0.25, 0.3) is 10.9 Å². The molecule has 0 saturated heterocycles. The highest BCUT2D eigenvalue weighted by Gasteiger charge is 2.21. The van der Waals surface area contributed by atoms with Crippen LogP contribution >= 0.6 is 0 Å². The second-order valence-electron chi connectivity index (χ2n) is 10.3. The number of anilines is 1. The van der Waals surface area contributed by atoms with E-state index in [-0.39, 0.29) is 16.3 Å². The summed E-state index contributed by atoms with van der Waals surface area (Å²) < 4.78 is 30.0. The number of aliphatic hydroxyl groups excluding tert-OH is 1. The summed E-state index contributed by atoms with van der Waals surface area (Å²) in [5, 5.41) is 16.3. The van der Waals surface area contributed by atoms with Crippen molar-refractivity contribution in [3.8, 4) is 0 Å². The number of aryl methyl sites for hydroxylation is 1. The molecule has 0 bridgehead atoms. The van der Waals surface area contributed by atoms with Crippen molar-refractivity contribution in [1.82, 2.24) is 14.9 Å². The average Bonchev–Trinajstić information content (AvgIpc) is 3.33. The van der Waals surface area contributed by atoms with Crippen LogP contribution in [0.5, 0.6) is 0 Å². The molecule has 0 aliphatic carbocycles. The number of fused-ring (bicyclic) bond motifs is 1. The summed E-state index contributed by atoms with van der Waals surface area (Å²) in [4.78, 5) is 12.3. The Kier molecular flexibility index (Phi) is 8.41. The van der Waals surface area contributed by atoms with Crippen molar-refractivity contribution in [3.05, 3.63) is 96.2 Å². The number of benzene rings is 3. The Bertz CT molecular complexity index is 1550. The molecule has 4 aromatic rings. The quantitative estimate of drug-likeness (QED) is 0.128. The topological polar surface area (TPSA) is 130 Å². The number of amides is 1. The van der Waals surface area contributed by atoms with Gasteiger partial charge in [0.2, 0.25) is 0 Å². The van der Waals surface area contributed by atoms with Crippen LogP contribution in [0, 0.1) is 0 Å². The summed E-state index contributed by atoms with van der Waals surface area (Å²) >= 11 is 0. The monoisotopic (exact) mass is 549 g/mol. The van der Waals surface area contributed by atoms with Crippen molar-refractivity contribution in [1.29, 1.82) is 0 Å². The summed E-state index contributed by atoms with van der Waals surface area (Å²) in [5.41, 5.74) is 2.27. The third-order valence-corrected chi connectivity index (χ3v) is 8.06. The molecule has 1 heterocycles. The number of nitrogens with zero attached hydrogens (tertiary/aromatic N) is 2. The number of hydrogen-bond donors (Lipinski definition) is 4. The molecule has 0 spiro atoms. The molecule has 5 N–H and O–H groups in total. The fourth-order valence-electron chi connectivity index (χ4n) is 4.33. The van der Waals surface area contributed by atoms with E-state index in [1.807, 2.05) is 24.4 Å². The van der Waals surface area contributed by atoms with E-state index in [1.165, 1.54) is 19.2 Å². The lowest BCUT2D eigenvalue weighted by Crippen LogP contribution is -2.42. The van der Waals surface area contributed by atoms with Gasteiger partial charge < -0.3 is 15.0 Å². The number of rotatable bonds is 11. The predicted octanol–water partition coefficient (Wildman–Crippen LogP) is 3.88. The smallest absolute Gasteiger partial charge is 0.267 e. The highest BCUT2D eigenvalue weighted by molar-refractivity contribution is 7.92. The first-order valence-electron chi connectivity index (χ1n) is 12.7. The van der Waals surface area contributed by atoms with Crippen molar-refractivity contribution in [2.45, 2.75) is 43.4 Å². The Hall–Kier alpha value is -3.70. The van der Waals surface area contributed by atoms with Crippen LogP contribution in [0.3, 0.4) is 0 Å². The maximum Gasteiger partial charge on any atom is 0.267 e. The highest BCUT2D eigenvalue weighted by atomic mass is 32.2. The number of carbonyl (C=O) groups is 1. The van der Waals surface area contributed by atoms with Crippen LogP contribution in [0.4, 0.5) is 5.69 Å². The van der Waals surface area contributed by atoms with Gasteiger partial charge in [-0.3, -0.25) is 14.5 Å². The number of β-amino-alcohol motifs (C(OH)–C–C–N with tert-alkyl or cyclic N) is 1. The second-order valence-corrected chi connectivity index (χ2v) is 12.0. The number of sulfonamides is 1. The minimum absolute atomic E-state index is 0.173. The third-order valence-electron chi connectivity index (χ3n) is 6.67. The molecule has 1 aromatic heterocycles. The first kappa shape index (κ1) is 28.3. The number of hydrogen-bond acceptors (Lipinski definition) is 6. The maximum absolute atomic E-state index is 12.7. The fraction of sp³-hybridized carbons (Fsp3) is 0.276.